The molecule has 0 atom stereocenters. The number of rotatable bonds is 2. The van der Waals surface area contributed by atoms with Gasteiger partial charge in [0.25, 0.3) is 0 Å². The van der Waals surface area contributed by atoms with Gasteiger partial charge in [-0.3, -0.25) is 4.79 Å². The predicted octanol–water partition coefficient (Wildman–Crippen LogP) is 0.887. The normalized spacial score (nSPS) is 19.8. The quantitative estimate of drug-likeness (QED) is 0.744. The minimum absolute atomic E-state index is 0.0600. The molecule has 0 unspecified atom stereocenters. The van der Waals surface area contributed by atoms with Crippen LogP contribution in [0.5, 0.6) is 0 Å². The average Bonchev–Trinajstić information content (AvgIpc) is 2.93. The Hall–Kier alpha value is -2.15. The van der Waals surface area contributed by atoms with Crippen molar-refractivity contribution in [1.29, 1.82) is 0 Å². The average molecular weight is 266 g/mol. The van der Waals surface area contributed by atoms with Gasteiger partial charge < -0.3 is 15.8 Å². The summed E-state index contributed by atoms with van der Waals surface area (Å²) in [4.78, 5) is 12.9. The van der Waals surface area contributed by atoms with E-state index in [2.05, 4.69) is 16.4 Å². The van der Waals surface area contributed by atoms with Crippen molar-refractivity contribution in [3.63, 3.8) is 0 Å². The van der Waals surface area contributed by atoms with E-state index in [4.69, 9.17) is 0 Å². The smallest absolute Gasteiger partial charge is 0.309 e. The zero-order valence-electron chi connectivity index (χ0n) is 10.1. The van der Waals surface area contributed by atoms with Crippen LogP contribution in [0.1, 0.15) is 11.1 Å². The summed E-state index contributed by atoms with van der Waals surface area (Å²) in [5.41, 5.74) is 9.34. The monoisotopic (exact) mass is 266 g/mol. The highest BCUT2D eigenvalue weighted by molar-refractivity contribution is 6.06. The van der Waals surface area contributed by atoms with E-state index in [9.17, 15) is 13.6 Å². The first-order chi connectivity index (χ1) is 9.00. The highest BCUT2D eigenvalue weighted by Crippen LogP contribution is 2.44. The van der Waals surface area contributed by atoms with E-state index in [0.29, 0.717) is 11.3 Å². The maximum Gasteiger partial charge on any atom is 0.352 e. The molecule has 2 aliphatic rings. The number of benzene rings is 1. The molecule has 7 heteroatoms. The van der Waals surface area contributed by atoms with Crippen LogP contribution in [0, 0.1) is 6.92 Å². The van der Waals surface area contributed by atoms with Crippen LogP contribution in [-0.2, 0) is 10.7 Å². The first-order valence-corrected chi connectivity index (χ1v) is 5.76. The molecule has 2 heterocycles. The maximum atomic E-state index is 14.0. The largest absolute Gasteiger partial charge is 0.352 e. The van der Waals surface area contributed by atoms with Gasteiger partial charge in [0.1, 0.15) is 0 Å². The number of amides is 1. The van der Waals surface area contributed by atoms with Crippen LogP contribution in [-0.4, -0.2) is 12.5 Å². The topological polar surface area (TPSA) is 56.4 Å². The molecular formula is C12H12F2N4O. The fourth-order valence-electron chi connectivity index (χ4n) is 2.22. The number of nitrogens with zero attached hydrogens (tertiary/aromatic N) is 1. The molecule has 1 amide bonds. The van der Waals surface area contributed by atoms with Gasteiger partial charge in [-0.1, -0.05) is 11.6 Å². The van der Waals surface area contributed by atoms with E-state index >= 15 is 0 Å². The number of halogens is 2. The lowest BCUT2D eigenvalue weighted by molar-refractivity contribution is -0.141. The highest BCUT2D eigenvalue weighted by atomic mass is 19.3. The Morgan fingerprint density at radius 1 is 1.37 bits per heavy atom. The molecule has 1 aromatic rings. The van der Waals surface area contributed by atoms with Gasteiger partial charge in [-0.15, -0.1) is 0 Å². The van der Waals surface area contributed by atoms with E-state index in [1.54, 1.807) is 25.3 Å². The summed E-state index contributed by atoms with van der Waals surface area (Å²) in [6.07, 6.45) is 1.58. The molecule has 1 aromatic carbocycles. The third kappa shape index (κ3) is 1.74. The third-order valence-electron chi connectivity index (χ3n) is 3.16. The van der Waals surface area contributed by atoms with Crippen LogP contribution in [0.25, 0.3) is 0 Å². The molecule has 0 aliphatic carbocycles. The molecule has 5 nitrogen and oxygen atoms in total. The van der Waals surface area contributed by atoms with Crippen molar-refractivity contribution in [3.05, 3.63) is 41.2 Å². The molecular weight excluding hydrogens is 254 g/mol. The molecule has 0 spiro atoms. The van der Waals surface area contributed by atoms with Gasteiger partial charge in [-0.25, -0.2) is 0 Å². The maximum absolute atomic E-state index is 14.0. The Balaban J connectivity index is 2.01. The minimum Gasteiger partial charge on any atom is -0.309 e. The molecule has 0 saturated carbocycles. The number of hydrogen-bond acceptors (Lipinski definition) is 4. The van der Waals surface area contributed by atoms with Gasteiger partial charge in [-0.2, -0.15) is 14.3 Å². The zero-order valence-corrected chi connectivity index (χ0v) is 10.1. The van der Waals surface area contributed by atoms with Crippen molar-refractivity contribution in [2.24, 2.45) is 0 Å². The number of hydrogen-bond donors (Lipinski definition) is 3. The van der Waals surface area contributed by atoms with Crippen molar-refractivity contribution in [2.45, 2.75) is 12.8 Å². The minimum atomic E-state index is -3.46. The Morgan fingerprint density at radius 3 is 2.84 bits per heavy atom. The molecule has 2 aliphatic heterocycles. The summed E-state index contributed by atoms with van der Waals surface area (Å²) in [5, 5.41) is 0. The van der Waals surface area contributed by atoms with E-state index in [1.807, 2.05) is 0 Å². The van der Waals surface area contributed by atoms with E-state index in [1.165, 1.54) is 6.07 Å². The fourth-order valence-corrected chi connectivity index (χ4v) is 2.22. The van der Waals surface area contributed by atoms with Crippen molar-refractivity contribution >= 4 is 11.6 Å². The van der Waals surface area contributed by atoms with Crippen LogP contribution in [0.2, 0.25) is 0 Å². The van der Waals surface area contributed by atoms with Crippen LogP contribution in [0.3, 0.4) is 0 Å². The third-order valence-corrected chi connectivity index (χ3v) is 3.16. The Bertz CT molecular complexity index is 585. The van der Waals surface area contributed by atoms with Gasteiger partial charge >= 0.3 is 11.8 Å². The first kappa shape index (κ1) is 11.9. The Morgan fingerprint density at radius 2 is 2.16 bits per heavy atom. The Labute approximate surface area is 108 Å². The lowest BCUT2D eigenvalue weighted by Crippen LogP contribution is -2.39. The first-order valence-electron chi connectivity index (χ1n) is 5.76. The second kappa shape index (κ2) is 3.92. The molecule has 0 bridgehead atoms. The lowest BCUT2D eigenvalue weighted by atomic mass is 10.1. The lowest BCUT2D eigenvalue weighted by Gasteiger charge is -2.17. The number of alkyl halides is 2. The van der Waals surface area contributed by atoms with Gasteiger partial charge in [-0.05, 0) is 19.1 Å². The van der Waals surface area contributed by atoms with Crippen molar-refractivity contribution in [3.8, 4) is 0 Å². The van der Waals surface area contributed by atoms with Gasteiger partial charge in [0, 0.05) is 6.20 Å². The van der Waals surface area contributed by atoms with Gasteiger partial charge in [0.15, 0.2) is 0 Å². The van der Waals surface area contributed by atoms with Gasteiger partial charge in [0.05, 0.1) is 23.5 Å². The molecule has 19 heavy (non-hydrogen) atoms. The number of nitrogens with one attached hydrogen (secondary N) is 3. The van der Waals surface area contributed by atoms with Crippen molar-refractivity contribution in [1.82, 2.24) is 16.4 Å². The summed E-state index contributed by atoms with van der Waals surface area (Å²) in [6.45, 7) is 1.78. The van der Waals surface area contributed by atoms with Crippen LogP contribution in [0.4, 0.5) is 14.5 Å². The van der Waals surface area contributed by atoms with E-state index in [0.717, 1.165) is 4.90 Å². The second-order valence-corrected chi connectivity index (χ2v) is 4.55. The van der Waals surface area contributed by atoms with Crippen molar-refractivity contribution < 1.29 is 13.6 Å². The SMILES string of the molecule is Cc1ccc2c(c1)C(F)(F)C(=O)N2CC1=CNNN1. The van der Waals surface area contributed by atoms with Crippen LogP contribution >= 0.6 is 0 Å². The number of hydrazine groups is 2. The number of carbonyl (C=O) groups excluding carboxylic acids is 1. The Kier molecular flexibility index (Phi) is 2.46. The summed E-state index contributed by atoms with van der Waals surface area (Å²) in [7, 11) is 0. The number of anilines is 1. The molecule has 3 rings (SSSR count). The predicted molar refractivity (Wildman–Crippen MR) is 64.9 cm³/mol. The standard InChI is InChI=1S/C12H12F2N4O/c1-7-2-3-10-9(4-7)12(13,14)11(19)18(10)6-8-5-15-17-16-8/h2-5,15-17H,6H2,1H3. The van der Waals surface area contributed by atoms with E-state index < -0.39 is 11.8 Å². The molecule has 0 fully saturated rings. The molecule has 3 N–H and O–H groups in total. The molecule has 0 saturated heterocycles. The van der Waals surface area contributed by atoms with Crippen LogP contribution in [0.15, 0.2) is 30.1 Å². The zero-order chi connectivity index (χ0) is 13.6. The number of aryl methyl sites for hydroxylation is 1. The molecule has 100 valence electrons. The fraction of sp³-hybridized carbons (Fsp3) is 0.250. The highest BCUT2D eigenvalue weighted by Gasteiger charge is 2.52. The van der Waals surface area contributed by atoms with Gasteiger partial charge in [0.2, 0.25) is 0 Å². The summed E-state index contributed by atoms with van der Waals surface area (Å²) in [6, 6.07) is 4.63. The summed E-state index contributed by atoms with van der Waals surface area (Å²) in [5.74, 6) is -4.65. The summed E-state index contributed by atoms with van der Waals surface area (Å²) < 4.78 is 27.9. The molecule has 0 aromatic heterocycles. The number of fused-ring (bicyclic) bond motifs is 1. The second-order valence-electron chi connectivity index (χ2n) is 4.55. The van der Waals surface area contributed by atoms with Crippen molar-refractivity contribution in [2.75, 3.05) is 11.4 Å². The van der Waals surface area contributed by atoms with E-state index in [-0.39, 0.29) is 17.8 Å². The number of carbonyl (C=O) groups is 1. The van der Waals surface area contributed by atoms with Crippen LogP contribution < -0.4 is 21.3 Å². The molecule has 0 radical (unpaired) electrons. The summed E-state index contributed by atoms with van der Waals surface area (Å²) >= 11 is 0.